The van der Waals surface area contributed by atoms with Crippen molar-refractivity contribution in [2.75, 3.05) is 24.7 Å². The Balaban J connectivity index is 1.80. The zero-order valence-electron chi connectivity index (χ0n) is 27.1. The highest BCUT2D eigenvalue weighted by Gasteiger charge is 2.19. The summed E-state index contributed by atoms with van der Waals surface area (Å²) in [5, 5.41) is 15.5. The quantitative estimate of drug-likeness (QED) is 0.363. The molecular formula is C34H42N4O7. The van der Waals surface area contributed by atoms with Crippen LogP contribution >= 0.6 is 0 Å². The molecule has 0 spiro atoms. The van der Waals surface area contributed by atoms with Crippen molar-refractivity contribution in [3.8, 4) is 23.7 Å². The maximum Gasteiger partial charge on any atom is 0.412 e. The molecule has 0 saturated heterocycles. The highest BCUT2D eigenvalue weighted by atomic mass is 16.6. The van der Waals surface area contributed by atoms with Crippen LogP contribution in [-0.2, 0) is 32.2 Å². The minimum atomic E-state index is -1.58. The second-order valence-corrected chi connectivity index (χ2v) is 12.2. The fraction of sp³-hybridized carbons (Fsp3) is 0.412. The van der Waals surface area contributed by atoms with E-state index in [9.17, 15) is 24.3 Å². The number of carbonyl (C=O) groups is 4. The molecule has 0 saturated carbocycles. The van der Waals surface area contributed by atoms with E-state index in [1.165, 1.54) is 16.8 Å². The normalized spacial score (nSPS) is 11.4. The summed E-state index contributed by atoms with van der Waals surface area (Å²) in [4.78, 5) is 51.6. The van der Waals surface area contributed by atoms with E-state index in [0.29, 0.717) is 17.9 Å². The number of hydrogen-bond donors (Lipinski definition) is 3. The molecule has 0 aromatic heterocycles. The lowest BCUT2D eigenvalue weighted by molar-refractivity contribution is -0.136. The van der Waals surface area contributed by atoms with Crippen molar-refractivity contribution in [1.82, 2.24) is 9.80 Å². The van der Waals surface area contributed by atoms with E-state index in [1.54, 1.807) is 97.1 Å². The van der Waals surface area contributed by atoms with Crippen LogP contribution in [0.3, 0.4) is 0 Å². The summed E-state index contributed by atoms with van der Waals surface area (Å²) in [5.41, 5.74) is 1.53. The summed E-state index contributed by atoms with van der Waals surface area (Å²) in [5.74, 6) is 9.12. The van der Waals surface area contributed by atoms with E-state index in [-0.39, 0.29) is 18.9 Å². The highest BCUT2D eigenvalue weighted by Crippen LogP contribution is 2.15. The van der Waals surface area contributed by atoms with E-state index in [2.05, 4.69) is 34.3 Å². The summed E-state index contributed by atoms with van der Waals surface area (Å²) in [6.07, 6.45) is -2.79. The fourth-order valence-electron chi connectivity index (χ4n) is 3.62. The maximum atomic E-state index is 12.5. The van der Waals surface area contributed by atoms with Gasteiger partial charge in [0.2, 0.25) is 5.91 Å². The molecule has 0 heterocycles. The summed E-state index contributed by atoms with van der Waals surface area (Å²) in [6.45, 7) is 11.2. The Morgan fingerprint density at radius 3 is 1.58 bits per heavy atom. The molecule has 45 heavy (non-hydrogen) atoms. The van der Waals surface area contributed by atoms with Gasteiger partial charge in [0.05, 0.1) is 6.42 Å². The Morgan fingerprint density at radius 2 is 1.16 bits per heavy atom. The predicted octanol–water partition coefficient (Wildman–Crippen LogP) is 4.76. The Morgan fingerprint density at radius 1 is 0.733 bits per heavy atom. The largest absolute Gasteiger partial charge is 0.444 e. The monoisotopic (exact) mass is 618 g/mol. The average Bonchev–Trinajstić information content (AvgIpc) is 2.92. The number of anilines is 2. The molecule has 0 aliphatic heterocycles. The molecule has 2 aromatic carbocycles. The molecule has 1 unspecified atom stereocenters. The van der Waals surface area contributed by atoms with Gasteiger partial charge in [-0.15, -0.1) is 0 Å². The van der Waals surface area contributed by atoms with E-state index < -0.39 is 35.4 Å². The molecule has 0 bridgehead atoms. The third-order valence-electron chi connectivity index (χ3n) is 5.67. The Hall–Kier alpha value is -5.00. The molecule has 3 N–H and O–H groups in total. The molecule has 2 rings (SSSR count). The van der Waals surface area contributed by atoms with Gasteiger partial charge in [0, 0.05) is 38.6 Å². The van der Waals surface area contributed by atoms with Gasteiger partial charge in [-0.25, -0.2) is 9.59 Å². The van der Waals surface area contributed by atoms with Crippen LogP contribution in [0.1, 0.15) is 59.1 Å². The topological polar surface area (TPSA) is 138 Å². The Kier molecular flexibility index (Phi) is 13.0. The summed E-state index contributed by atoms with van der Waals surface area (Å²) in [7, 11) is 3.18. The smallest absolute Gasteiger partial charge is 0.412 e. The molecule has 2 aromatic rings. The van der Waals surface area contributed by atoms with Crippen molar-refractivity contribution >= 4 is 35.4 Å². The van der Waals surface area contributed by atoms with Crippen LogP contribution < -0.4 is 10.6 Å². The Bertz CT molecular complexity index is 1470. The SMILES string of the molecule is CN(Cc1ccc(NC(=O)OC(C)(C)C)cc1)C(=O)CC#CC#CC(O)C(=O)N(C)Cc1ccc(NC(=O)OC(C)(C)C)cc1. The molecular weight excluding hydrogens is 576 g/mol. The van der Waals surface area contributed by atoms with Gasteiger partial charge >= 0.3 is 12.2 Å². The lowest BCUT2D eigenvalue weighted by Crippen LogP contribution is -2.35. The molecule has 4 amide bonds. The molecule has 240 valence electrons. The van der Waals surface area contributed by atoms with Crippen LogP contribution in [0.25, 0.3) is 0 Å². The number of likely N-dealkylation sites (N-methyl/N-ethyl adjacent to an activating group) is 1. The minimum absolute atomic E-state index is 0.0911. The number of nitrogens with zero attached hydrogens (tertiary/aromatic N) is 2. The van der Waals surface area contributed by atoms with Gasteiger partial charge in [-0.1, -0.05) is 30.2 Å². The van der Waals surface area contributed by atoms with Gasteiger partial charge in [0.1, 0.15) is 11.2 Å². The minimum Gasteiger partial charge on any atom is -0.444 e. The first-order valence-electron chi connectivity index (χ1n) is 14.2. The first-order valence-corrected chi connectivity index (χ1v) is 14.2. The lowest BCUT2D eigenvalue weighted by Gasteiger charge is -2.20. The van der Waals surface area contributed by atoms with Gasteiger partial charge in [-0.3, -0.25) is 20.2 Å². The number of amides is 4. The standard InChI is InChI=1S/C34H42N4O7/c1-33(2,3)44-31(42)35-26-18-14-24(15-19-26)22-37(7)29(40)13-11-9-10-12-28(39)30(41)38(8)23-25-16-20-27(21-17-25)36-32(43)45-34(4,5)6/h14-21,28,39H,13,22-23H2,1-8H3,(H,35,42)(H,36,43). The van der Waals surface area contributed by atoms with Gasteiger partial charge < -0.3 is 24.4 Å². The fourth-order valence-corrected chi connectivity index (χ4v) is 3.62. The number of rotatable bonds is 8. The van der Waals surface area contributed by atoms with Crippen LogP contribution in [0.4, 0.5) is 21.0 Å². The molecule has 0 aliphatic carbocycles. The predicted molar refractivity (Wildman–Crippen MR) is 172 cm³/mol. The number of nitrogens with one attached hydrogen (secondary N) is 2. The Labute approximate surface area is 265 Å². The number of ether oxygens (including phenoxy) is 2. The third kappa shape index (κ3) is 14.3. The lowest BCUT2D eigenvalue weighted by atomic mass is 10.2. The zero-order valence-corrected chi connectivity index (χ0v) is 27.1. The summed E-state index contributed by atoms with van der Waals surface area (Å²) >= 11 is 0. The second-order valence-electron chi connectivity index (χ2n) is 12.2. The van der Waals surface area contributed by atoms with Crippen LogP contribution in [-0.4, -0.2) is 70.3 Å². The summed E-state index contributed by atoms with van der Waals surface area (Å²) in [6, 6.07) is 13.9. The molecule has 11 nitrogen and oxygen atoms in total. The highest BCUT2D eigenvalue weighted by molar-refractivity contribution is 5.86. The maximum absolute atomic E-state index is 12.5. The second kappa shape index (κ2) is 16.2. The zero-order chi connectivity index (χ0) is 33.8. The van der Waals surface area contributed by atoms with E-state index in [0.717, 1.165) is 11.1 Å². The van der Waals surface area contributed by atoms with Crippen molar-refractivity contribution in [3.05, 3.63) is 59.7 Å². The van der Waals surface area contributed by atoms with Crippen LogP contribution in [0.15, 0.2) is 48.5 Å². The molecule has 0 fully saturated rings. The van der Waals surface area contributed by atoms with Crippen LogP contribution in [0.5, 0.6) is 0 Å². The molecule has 0 radical (unpaired) electrons. The van der Waals surface area contributed by atoms with Crippen molar-refractivity contribution < 1.29 is 33.8 Å². The van der Waals surface area contributed by atoms with Crippen molar-refractivity contribution in [1.29, 1.82) is 0 Å². The third-order valence-corrected chi connectivity index (χ3v) is 5.67. The number of aliphatic hydroxyl groups excluding tert-OH is 1. The van der Waals surface area contributed by atoms with Crippen molar-refractivity contribution in [2.45, 2.75) is 78.4 Å². The van der Waals surface area contributed by atoms with Crippen LogP contribution in [0, 0.1) is 23.7 Å². The molecule has 1 atom stereocenters. The van der Waals surface area contributed by atoms with Gasteiger partial charge in [0.25, 0.3) is 5.91 Å². The van der Waals surface area contributed by atoms with Gasteiger partial charge in [0.15, 0.2) is 6.10 Å². The van der Waals surface area contributed by atoms with E-state index in [1.807, 2.05) is 0 Å². The first-order chi connectivity index (χ1) is 20.9. The molecule has 11 heteroatoms. The number of carbonyl (C=O) groups excluding carboxylic acids is 4. The van der Waals surface area contributed by atoms with E-state index >= 15 is 0 Å². The van der Waals surface area contributed by atoms with Crippen LogP contribution in [0.2, 0.25) is 0 Å². The van der Waals surface area contributed by atoms with Crippen molar-refractivity contribution in [2.24, 2.45) is 0 Å². The van der Waals surface area contributed by atoms with E-state index in [4.69, 9.17) is 9.47 Å². The molecule has 0 aliphatic rings. The average molecular weight is 619 g/mol. The number of aliphatic hydroxyl groups is 1. The number of benzene rings is 2. The van der Waals surface area contributed by atoms with Crippen molar-refractivity contribution in [3.63, 3.8) is 0 Å². The van der Waals surface area contributed by atoms with Gasteiger partial charge in [-0.2, -0.15) is 0 Å². The van der Waals surface area contributed by atoms with Gasteiger partial charge in [-0.05, 0) is 94.7 Å². The summed E-state index contributed by atoms with van der Waals surface area (Å²) < 4.78 is 10.5. The first kappa shape index (κ1) is 36.2. The number of hydrogen-bond acceptors (Lipinski definition) is 7.